The molecule has 4 rings (SSSR count). The molecule has 0 bridgehead atoms. The van der Waals surface area contributed by atoms with Crippen LogP contribution < -0.4 is 10.1 Å². The van der Waals surface area contributed by atoms with E-state index in [1.165, 1.54) is 0 Å². The Kier molecular flexibility index (Phi) is 6.31. The van der Waals surface area contributed by atoms with Crippen LogP contribution in [0.2, 0.25) is 0 Å². The van der Waals surface area contributed by atoms with Gasteiger partial charge in [-0.05, 0) is 55.0 Å². The summed E-state index contributed by atoms with van der Waals surface area (Å²) in [5.74, 6) is -1.80. The van der Waals surface area contributed by atoms with Crippen molar-refractivity contribution in [2.24, 2.45) is 5.41 Å². The Balaban J connectivity index is 1.66. The van der Waals surface area contributed by atoms with Crippen LogP contribution in [-0.2, 0) is 16.1 Å². The number of hydrogen-bond donors (Lipinski definition) is 3. The lowest BCUT2D eigenvalue weighted by atomic mass is 9.71. The van der Waals surface area contributed by atoms with Crippen molar-refractivity contribution in [1.82, 2.24) is 5.32 Å². The Labute approximate surface area is 198 Å². The van der Waals surface area contributed by atoms with Gasteiger partial charge in [0.15, 0.2) is 6.10 Å². The van der Waals surface area contributed by atoms with Gasteiger partial charge in [-0.2, -0.15) is 0 Å². The van der Waals surface area contributed by atoms with Crippen LogP contribution in [0, 0.1) is 5.41 Å². The number of rotatable bonds is 4. The molecule has 0 aromatic heterocycles. The number of carbonyl (C=O) groups is 2. The molecule has 2 aromatic rings. The number of benzene rings is 2. The normalized spacial score (nSPS) is 25.4. The van der Waals surface area contributed by atoms with Crippen LogP contribution in [0.15, 0.2) is 42.5 Å². The lowest BCUT2D eigenvalue weighted by Gasteiger charge is -2.51. The third-order valence-electron chi connectivity index (χ3n) is 6.19. The summed E-state index contributed by atoms with van der Waals surface area (Å²) in [6.07, 6.45) is -1.78. The van der Waals surface area contributed by atoms with Gasteiger partial charge in [0.2, 0.25) is 0 Å². The van der Waals surface area contributed by atoms with Gasteiger partial charge in [-0.3, -0.25) is 0 Å². The van der Waals surface area contributed by atoms with E-state index in [0.29, 0.717) is 24.2 Å². The van der Waals surface area contributed by atoms with E-state index in [9.17, 15) is 19.8 Å². The lowest BCUT2D eigenvalue weighted by molar-refractivity contribution is -0.304. The maximum atomic E-state index is 12.4. The molecule has 2 aliphatic rings. The highest BCUT2D eigenvalue weighted by atomic mass is 16.7. The fourth-order valence-corrected chi connectivity index (χ4v) is 4.88. The minimum atomic E-state index is -1.34. The van der Waals surface area contributed by atoms with Gasteiger partial charge in [-0.15, -0.1) is 0 Å². The van der Waals surface area contributed by atoms with Crippen molar-refractivity contribution in [1.29, 1.82) is 0 Å². The molecule has 3 N–H and O–H groups in total. The molecule has 1 aliphatic carbocycles. The fourth-order valence-electron chi connectivity index (χ4n) is 4.88. The average molecular weight is 470 g/mol. The van der Waals surface area contributed by atoms with Gasteiger partial charge in [-0.1, -0.05) is 38.1 Å². The number of ether oxygens (including phenoxy) is 3. The number of fused-ring (bicyclic) bond motifs is 1. The molecule has 1 saturated carbocycles. The highest BCUT2D eigenvalue weighted by Crippen LogP contribution is 2.48. The molecule has 0 saturated heterocycles. The molecule has 0 unspecified atom stereocenters. The Bertz CT molecular complexity index is 1100. The second-order valence-electron chi connectivity index (χ2n) is 10.1. The van der Waals surface area contributed by atoms with Crippen molar-refractivity contribution in [2.45, 2.75) is 71.2 Å². The predicted molar refractivity (Wildman–Crippen MR) is 125 cm³/mol. The summed E-state index contributed by atoms with van der Waals surface area (Å²) < 4.78 is 18.2. The predicted octanol–water partition coefficient (Wildman–Crippen LogP) is 4.34. The highest BCUT2D eigenvalue weighted by Gasteiger charge is 2.58. The van der Waals surface area contributed by atoms with Crippen LogP contribution in [-0.4, -0.2) is 46.3 Å². The third-order valence-corrected chi connectivity index (χ3v) is 6.19. The molecule has 34 heavy (non-hydrogen) atoms. The zero-order chi connectivity index (χ0) is 24.7. The smallest absolute Gasteiger partial charge is 0.407 e. The van der Waals surface area contributed by atoms with Crippen LogP contribution in [0.25, 0.3) is 11.1 Å². The average Bonchev–Trinajstić information content (AvgIpc) is 2.75. The van der Waals surface area contributed by atoms with E-state index >= 15 is 0 Å². The Morgan fingerprint density at radius 2 is 1.91 bits per heavy atom. The van der Waals surface area contributed by atoms with Crippen LogP contribution >= 0.6 is 0 Å². The first-order valence-corrected chi connectivity index (χ1v) is 11.4. The van der Waals surface area contributed by atoms with Crippen molar-refractivity contribution in [3.63, 3.8) is 0 Å². The number of aliphatic hydroxyl groups is 1. The summed E-state index contributed by atoms with van der Waals surface area (Å²) in [5.41, 5.74) is 1.96. The van der Waals surface area contributed by atoms with Crippen molar-refractivity contribution in [3.05, 3.63) is 53.6 Å². The first-order valence-electron chi connectivity index (χ1n) is 11.4. The van der Waals surface area contributed by atoms with E-state index in [0.717, 1.165) is 11.1 Å². The van der Waals surface area contributed by atoms with E-state index in [1.807, 2.05) is 33.8 Å². The molecule has 8 nitrogen and oxygen atoms in total. The van der Waals surface area contributed by atoms with E-state index in [4.69, 9.17) is 14.2 Å². The van der Waals surface area contributed by atoms with Gasteiger partial charge in [-0.25, -0.2) is 9.59 Å². The SMILES string of the molecule is CC(C)NC(=O)O[C@H]1[C@@H](O)CC(C)(C)C[C@@]12OCc1cc(-c3ccccc3C(=O)O)ccc1O2. The molecule has 1 heterocycles. The van der Waals surface area contributed by atoms with E-state index < -0.39 is 30.1 Å². The molecule has 1 amide bonds. The van der Waals surface area contributed by atoms with E-state index in [1.54, 1.807) is 36.4 Å². The molecule has 1 spiro atoms. The third kappa shape index (κ3) is 4.74. The minimum absolute atomic E-state index is 0.123. The summed E-state index contributed by atoms with van der Waals surface area (Å²) in [6.45, 7) is 7.82. The summed E-state index contributed by atoms with van der Waals surface area (Å²) >= 11 is 0. The standard InChI is InChI=1S/C26H31NO7/c1-15(2)27-24(31)33-22-20(28)12-25(3,4)14-26(22)32-13-17-11-16(9-10-21(17)34-26)18-7-5-6-8-19(18)23(29)30/h5-11,15,20,22,28H,12-14H2,1-4H3,(H,27,31)(H,29,30)/t20-,22-,26-/m0/s1. The molecule has 3 atom stereocenters. The molecule has 0 radical (unpaired) electrons. The number of carboxylic acid groups (broad SMARTS) is 1. The second-order valence-corrected chi connectivity index (χ2v) is 10.1. The number of carboxylic acids is 1. The maximum Gasteiger partial charge on any atom is 0.407 e. The number of nitrogens with one attached hydrogen (secondary N) is 1. The first kappa shape index (κ1) is 24.0. The molecular weight excluding hydrogens is 438 g/mol. The zero-order valence-corrected chi connectivity index (χ0v) is 19.8. The van der Waals surface area contributed by atoms with Crippen LogP contribution in [0.5, 0.6) is 5.75 Å². The second kappa shape index (κ2) is 8.92. The summed E-state index contributed by atoms with van der Waals surface area (Å²) in [7, 11) is 0. The number of hydrogen-bond acceptors (Lipinski definition) is 6. The number of aliphatic hydroxyl groups excluding tert-OH is 1. The van der Waals surface area contributed by atoms with Crippen LogP contribution in [0.1, 0.15) is 56.5 Å². The Morgan fingerprint density at radius 1 is 1.18 bits per heavy atom. The first-order chi connectivity index (χ1) is 16.0. The van der Waals surface area contributed by atoms with Crippen molar-refractivity contribution >= 4 is 12.1 Å². The quantitative estimate of drug-likeness (QED) is 0.610. The summed E-state index contributed by atoms with van der Waals surface area (Å²) in [6, 6.07) is 12.1. The van der Waals surface area contributed by atoms with Crippen molar-refractivity contribution < 1.29 is 34.0 Å². The lowest BCUT2D eigenvalue weighted by Crippen LogP contribution is -2.64. The van der Waals surface area contributed by atoms with Crippen LogP contribution in [0.3, 0.4) is 0 Å². The van der Waals surface area contributed by atoms with Crippen molar-refractivity contribution in [3.8, 4) is 16.9 Å². The number of carbonyl (C=O) groups excluding carboxylic acids is 1. The van der Waals surface area contributed by atoms with Crippen LogP contribution in [0.4, 0.5) is 4.79 Å². The number of alkyl carbamates (subject to hydrolysis) is 1. The topological polar surface area (TPSA) is 114 Å². The Morgan fingerprint density at radius 3 is 2.62 bits per heavy atom. The van der Waals surface area contributed by atoms with Gasteiger partial charge >= 0.3 is 12.1 Å². The van der Waals surface area contributed by atoms with Gasteiger partial charge in [0, 0.05) is 18.0 Å². The van der Waals surface area contributed by atoms with Gasteiger partial charge < -0.3 is 29.7 Å². The molecule has 182 valence electrons. The number of aromatic carboxylic acids is 1. The number of amides is 1. The van der Waals surface area contributed by atoms with Crippen molar-refractivity contribution in [2.75, 3.05) is 0 Å². The monoisotopic (exact) mass is 469 g/mol. The fraction of sp³-hybridized carbons (Fsp3) is 0.462. The zero-order valence-electron chi connectivity index (χ0n) is 19.8. The minimum Gasteiger partial charge on any atom is -0.478 e. The van der Waals surface area contributed by atoms with Gasteiger partial charge in [0.25, 0.3) is 5.79 Å². The highest BCUT2D eigenvalue weighted by molar-refractivity contribution is 5.96. The van der Waals surface area contributed by atoms with Gasteiger partial charge in [0.05, 0.1) is 18.3 Å². The molecule has 2 aromatic carbocycles. The maximum absolute atomic E-state index is 12.4. The molecule has 1 fully saturated rings. The van der Waals surface area contributed by atoms with E-state index in [-0.39, 0.29) is 23.6 Å². The van der Waals surface area contributed by atoms with Gasteiger partial charge in [0.1, 0.15) is 5.75 Å². The molecular formula is C26H31NO7. The summed E-state index contributed by atoms with van der Waals surface area (Å²) in [5, 5.41) is 23.1. The largest absolute Gasteiger partial charge is 0.478 e. The summed E-state index contributed by atoms with van der Waals surface area (Å²) in [4.78, 5) is 24.0. The molecule has 8 heteroatoms. The molecule has 1 aliphatic heterocycles. The van der Waals surface area contributed by atoms with E-state index in [2.05, 4.69) is 5.32 Å². The Hall–Kier alpha value is -3.10.